The Morgan fingerprint density at radius 3 is 2.25 bits per heavy atom. The summed E-state index contributed by atoms with van der Waals surface area (Å²) in [6.45, 7) is 1.19. The molecule has 3 rings (SSSR count). The lowest BCUT2D eigenvalue weighted by atomic mass is 10.0. The Hall–Kier alpha value is -3.25. The summed E-state index contributed by atoms with van der Waals surface area (Å²) in [7, 11) is 2.20. The Kier molecular flexibility index (Phi) is 8.11. The third-order valence-corrected chi connectivity index (χ3v) is 4.32. The highest BCUT2D eigenvalue weighted by molar-refractivity contribution is 5.89. The molecule has 0 spiro atoms. The van der Waals surface area contributed by atoms with Gasteiger partial charge in [0.1, 0.15) is 0 Å². The van der Waals surface area contributed by atoms with Crippen LogP contribution < -0.4 is 0 Å². The van der Waals surface area contributed by atoms with Gasteiger partial charge in [-0.15, -0.1) is 0 Å². The molecule has 1 fully saturated rings. The third kappa shape index (κ3) is 7.17. The van der Waals surface area contributed by atoms with E-state index < -0.39 is 11.9 Å². The molecule has 28 heavy (non-hydrogen) atoms. The van der Waals surface area contributed by atoms with E-state index in [1.54, 1.807) is 0 Å². The van der Waals surface area contributed by atoms with E-state index in [9.17, 15) is 9.59 Å². The van der Waals surface area contributed by atoms with E-state index in [1.807, 2.05) is 18.5 Å². The van der Waals surface area contributed by atoms with Gasteiger partial charge in [-0.3, -0.25) is 9.88 Å². The van der Waals surface area contributed by atoms with Gasteiger partial charge in [0.25, 0.3) is 0 Å². The molecule has 1 unspecified atom stereocenters. The Bertz CT molecular complexity index is 831. The smallest absolute Gasteiger partial charge is 0.328 e. The second-order valence-corrected chi connectivity index (χ2v) is 6.44. The molecule has 1 aromatic heterocycles. The largest absolute Gasteiger partial charge is 0.478 e. The van der Waals surface area contributed by atoms with Gasteiger partial charge in [0.05, 0.1) is 0 Å². The number of hydrogen-bond acceptors (Lipinski definition) is 4. The van der Waals surface area contributed by atoms with Crippen LogP contribution in [0.1, 0.15) is 35.6 Å². The van der Waals surface area contributed by atoms with Crippen LogP contribution in [0.2, 0.25) is 0 Å². The molecule has 0 radical (unpaired) electrons. The van der Waals surface area contributed by atoms with Gasteiger partial charge in [-0.25, -0.2) is 9.59 Å². The Morgan fingerprint density at radius 1 is 1.04 bits per heavy atom. The average molecular weight is 380 g/mol. The number of rotatable bonds is 5. The zero-order valence-electron chi connectivity index (χ0n) is 15.7. The number of aromatic nitrogens is 1. The molecule has 0 amide bonds. The van der Waals surface area contributed by atoms with Crippen LogP contribution in [-0.4, -0.2) is 45.6 Å². The topological polar surface area (TPSA) is 90.7 Å². The van der Waals surface area contributed by atoms with E-state index in [1.165, 1.54) is 36.1 Å². The zero-order chi connectivity index (χ0) is 20.4. The normalized spacial score (nSPS) is 16.8. The summed E-state index contributed by atoms with van der Waals surface area (Å²) >= 11 is 0. The zero-order valence-corrected chi connectivity index (χ0v) is 15.7. The Balaban J connectivity index is 0.000000300. The summed E-state index contributed by atoms with van der Waals surface area (Å²) in [4.78, 5) is 25.9. The van der Waals surface area contributed by atoms with Gasteiger partial charge in [-0.1, -0.05) is 42.5 Å². The summed E-state index contributed by atoms with van der Waals surface area (Å²) in [5, 5.41) is 15.6. The molecule has 1 aliphatic rings. The van der Waals surface area contributed by atoms with Gasteiger partial charge in [-0.05, 0) is 49.2 Å². The molecule has 2 heterocycles. The van der Waals surface area contributed by atoms with Crippen molar-refractivity contribution in [3.05, 3.63) is 77.6 Å². The maximum atomic E-state index is 9.55. The average Bonchev–Trinajstić information content (AvgIpc) is 3.12. The van der Waals surface area contributed by atoms with Crippen molar-refractivity contribution in [1.82, 2.24) is 9.88 Å². The maximum absolute atomic E-state index is 9.55. The first-order valence-electron chi connectivity index (χ1n) is 8.98. The van der Waals surface area contributed by atoms with Crippen molar-refractivity contribution in [2.24, 2.45) is 0 Å². The molecule has 146 valence electrons. The summed E-state index contributed by atoms with van der Waals surface area (Å²) in [6.07, 6.45) is 11.9. The summed E-state index contributed by atoms with van der Waals surface area (Å²) in [6, 6.07) is 13.2. The monoisotopic (exact) mass is 380 g/mol. The number of carboxylic acids is 2. The number of carbonyl (C=O) groups is 2. The number of benzene rings is 1. The molecule has 1 aliphatic heterocycles. The fraction of sp³-hybridized carbons (Fsp3) is 0.227. The number of likely N-dealkylation sites (tertiary alicyclic amines) is 1. The van der Waals surface area contributed by atoms with Crippen LogP contribution in [0, 0.1) is 0 Å². The molecule has 0 aliphatic carbocycles. The predicted molar refractivity (Wildman–Crippen MR) is 109 cm³/mol. The maximum Gasteiger partial charge on any atom is 0.328 e. The first-order chi connectivity index (χ1) is 13.5. The Labute approximate surface area is 164 Å². The summed E-state index contributed by atoms with van der Waals surface area (Å²) < 4.78 is 0. The SMILES string of the molecule is CN1CCCC1c1cncc(/C=C/c2ccccc2)c1.O=C(O)/C=C/C(=O)O. The lowest BCUT2D eigenvalue weighted by molar-refractivity contribution is -0.134. The van der Waals surface area contributed by atoms with Crippen molar-refractivity contribution in [2.45, 2.75) is 18.9 Å². The van der Waals surface area contributed by atoms with Crippen molar-refractivity contribution < 1.29 is 19.8 Å². The lowest BCUT2D eigenvalue weighted by Gasteiger charge is -2.19. The van der Waals surface area contributed by atoms with Crippen LogP contribution in [0.5, 0.6) is 0 Å². The minimum absolute atomic E-state index is 0.535. The molecule has 1 atom stereocenters. The van der Waals surface area contributed by atoms with Crippen molar-refractivity contribution in [3.63, 3.8) is 0 Å². The third-order valence-electron chi connectivity index (χ3n) is 4.32. The van der Waals surface area contributed by atoms with E-state index >= 15 is 0 Å². The molecule has 1 saturated heterocycles. The molecule has 0 saturated carbocycles. The quantitative estimate of drug-likeness (QED) is 0.768. The van der Waals surface area contributed by atoms with E-state index in [-0.39, 0.29) is 0 Å². The molecule has 6 heteroatoms. The molecule has 2 aromatic rings. The second-order valence-electron chi connectivity index (χ2n) is 6.44. The summed E-state index contributed by atoms with van der Waals surface area (Å²) in [5.41, 5.74) is 3.72. The van der Waals surface area contributed by atoms with Gasteiger partial charge in [0.15, 0.2) is 0 Å². The number of hydrogen-bond donors (Lipinski definition) is 2. The van der Waals surface area contributed by atoms with E-state index in [0.717, 1.165) is 0 Å². The number of nitrogens with zero attached hydrogens (tertiary/aromatic N) is 2. The van der Waals surface area contributed by atoms with Gasteiger partial charge < -0.3 is 10.2 Å². The van der Waals surface area contributed by atoms with Crippen LogP contribution in [0.25, 0.3) is 12.2 Å². The Morgan fingerprint density at radius 2 is 1.68 bits per heavy atom. The van der Waals surface area contributed by atoms with Crippen LogP contribution in [-0.2, 0) is 9.59 Å². The van der Waals surface area contributed by atoms with Crippen molar-refractivity contribution >= 4 is 24.1 Å². The van der Waals surface area contributed by atoms with Gasteiger partial charge >= 0.3 is 11.9 Å². The fourth-order valence-electron chi connectivity index (χ4n) is 2.98. The van der Waals surface area contributed by atoms with E-state index in [2.05, 4.69) is 59.4 Å². The second kappa shape index (κ2) is 10.8. The molecule has 0 bridgehead atoms. The summed E-state index contributed by atoms with van der Waals surface area (Å²) in [5.74, 6) is -2.51. The van der Waals surface area contributed by atoms with Crippen molar-refractivity contribution in [2.75, 3.05) is 13.6 Å². The molecule has 6 nitrogen and oxygen atoms in total. The first-order valence-corrected chi connectivity index (χ1v) is 8.98. The van der Waals surface area contributed by atoms with Crippen LogP contribution >= 0.6 is 0 Å². The predicted octanol–water partition coefficient (Wildman–Crippen LogP) is 3.73. The fourth-order valence-corrected chi connectivity index (χ4v) is 2.98. The van der Waals surface area contributed by atoms with Gasteiger partial charge in [-0.2, -0.15) is 0 Å². The number of carboxylic acid groups (broad SMARTS) is 2. The van der Waals surface area contributed by atoms with Crippen molar-refractivity contribution in [1.29, 1.82) is 0 Å². The van der Waals surface area contributed by atoms with Crippen LogP contribution in [0.4, 0.5) is 0 Å². The number of pyridine rings is 1. The van der Waals surface area contributed by atoms with Crippen molar-refractivity contribution in [3.8, 4) is 0 Å². The van der Waals surface area contributed by atoms with E-state index in [0.29, 0.717) is 18.2 Å². The van der Waals surface area contributed by atoms with Crippen LogP contribution in [0.15, 0.2) is 60.9 Å². The molecular formula is C22H24N2O4. The highest BCUT2D eigenvalue weighted by Crippen LogP contribution is 2.30. The molecule has 2 N–H and O–H groups in total. The highest BCUT2D eigenvalue weighted by atomic mass is 16.4. The first kappa shape index (κ1) is 21.1. The molecule has 1 aromatic carbocycles. The van der Waals surface area contributed by atoms with E-state index in [4.69, 9.17) is 10.2 Å². The minimum atomic E-state index is -1.26. The minimum Gasteiger partial charge on any atom is -0.478 e. The van der Waals surface area contributed by atoms with Gasteiger partial charge in [0.2, 0.25) is 0 Å². The van der Waals surface area contributed by atoms with Crippen LogP contribution in [0.3, 0.4) is 0 Å². The van der Waals surface area contributed by atoms with Gasteiger partial charge in [0, 0.05) is 30.6 Å². The lowest BCUT2D eigenvalue weighted by Crippen LogP contribution is -2.17. The standard InChI is InChI=1S/C18H20N2.C4H4O4/c1-20-11-5-8-18(20)17-12-16(13-19-14-17)10-9-15-6-3-2-4-7-15;5-3(6)1-2-4(7)8/h2-4,6-7,9-10,12-14,18H,5,8,11H2,1H3;1-2H,(H,5,6)(H,7,8)/b10-9+;2-1+. The molecular weight excluding hydrogens is 356 g/mol. The number of aliphatic carboxylic acids is 2. The highest BCUT2D eigenvalue weighted by Gasteiger charge is 2.22.